The molecule has 1 unspecified atom stereocenters. The average Bonchev–Trinajstić information content (AvgIpc) is 2.68. The first-order chi connectivity index (χ1) is 9.38. The number of rotatable bonds is 4. The number of benzene rings is 1. The molecule has 0 saturated carbocycles. The van der Waals surface area contributed by atoms with Crippen LogP contribution in [0, 0.1) is 13.8 Å². The molecular formula is C13H15N3O3S. The van der Waals surface area contributed by atoms with Crippen molar-refractivity contribution in [1.82, 2.24) is 5.32 Å². The molecule has 3 N–H and O–H groups in total. The highest BCUT2D eigenvalue weighted by Gasteiger charge is 2.37. The molecule has 0 aliphatic carbocycles. The number of hydrogen-bond acceptors (Lipinski definition) is 5. The Morgan fingerprint density at radius 3 is 2.65 bits per heavy atom. The van der Waals surface area contributed by atoms with Gasteiger partial charge in [0.15, 0.2) is 5.37 Å². The molecule has 1 aliphatic heterocycles. The zero-order valence-corrected chi connectivity index (χ0v) is 12.0. The van der Waals surface area contributed by atoms with Gasteiger partial charge < -0.3 is 10.6 Å². The van der Waals surface area contributed by atoms with Crippen molar-refractivity contribution in [3.8, 4) is 0 Å². The predicted molar refractivity (Wildman–Crippen MR) is 77.4 cm³/mol. The van der Waals surface area contributed by atoms with Crippen LogP contribution in [0.2, 0.25) is 0 Å². The van der Waals surface area contributed by atoms with Gasteiger partial charge in [-0.1, -0.05) is 12.1 Å². The lowest BCUT2D eigenvalue weighted by Gasteiger charge is -2.28. The van der Waals surface area contributed by atoms with E-state index in [4.69, 9.17) is 5.73 Å². The molecule has 7 heteroatoms. The molecule has 2 rings (SSSR count). The van der Waals surface area contributed by atoms with E-state index in [1.165, 1.54) is 0 Å². The molecule has 1 aromatic carbocycles. The maximum Gasteiger partial charge on any atom is 0.288 e. The normalized spacial score (nSPS) is 18.0. The second-order valence-electron chi connectivity index (χ2n) is 4.63. The summed E-state index contributed by atoms with van der Waals surface area (Å²) in [6.07, 6.45) is 0. The summed E-state index contributed by atoms with van der Waals surface area (Å²) in [7, 11) is 0. The fourth-order valence-electron chi connectivity index (χ4n) is 2.04. The van der Waals surface area contributed by atoms with E-state index in [1.54, 1.807) is 4.90 Å². The molecule has 106 valence electrons. The van der Waals surface area contributed by atoms with Crippen molar-refractivity contribution in [2.24, 2.45) is 5.73 Å². The number of aryl methyl sites for hydroxylation is 2. The van der Waals surface area contributed by atoms with Crippen LogP contribution in [-0.4, -0.2) is 29.0 Å². The Morgan fingerprint density at radius 2 is 2.10 bits per heavy atom. The van der Waals surface area contributed by atoms with E-state index in [9.17, 15) is 14.4 Å². The molecule has 3 amide bonds. The molecule has 0 aromatic heterocycles. The van der Waals surface area contributed by atoms with Crippen molar-refractivity contribution in [2.75, 3.05) is 11.4 Å². The van der Waals surface area contributed by atoms with Gasteiger partial charge in [-0.25, -0.2) is 0 Å². The number of primary amides is 1. The number of nitrogens with two attached hydrogens (primary N) is 1. The molecule has 1 heterocycles. The fourth-order valence-corrected chi connectivity index (χ4v) is 2.89. The molecule has 6 nitrogen and oxygen atoms in total. The van der Waals surface area contributed by atoms with Crippen LogP contribution in [0.4, 0.5) is 10.5 Å². The summed E-state index contributed by atoms with van der Waals surface area (Å²) in [6.45, 7) is 3.67. The zero-order valence-electron chi connectivity index (χ0n) is 11.2. The van der Waals surface area contributed by atoms with E-state index in [0.717, 1.165) is 28.6 Å². The van der Waals surface area contributed by atoms with Gasteiger partial charge in [0.1, 0.15) is 0 Å². The molecular weight excluding hydrogens is 278 g/mol. The maximum absolute atomic E-state index is 11.8. The van der Waals surface area contributed by atoms with Crippen molar-refractivity contribution >= 4 is 34.5 Å². The number of anilines is 1. The Hall–Kier alpha value is -2.02. The monoisotopic (exact) mass is 293 g/mol. The van der Waals surface area contributed by atoms with Crippen LogP contribution in [-0.2, 0) is 9.59 Å². The first kappa shape index (κ1) is 14.4. The van der Waals surface area contributed by atoms with Crippen LogP contribution in [0.15, 0.2) is 18.2 Å². The molecule has 0 spiro atoms. The third kappa shape index (κ3) is 2.93. The minimum atomic E-state index is -0.768. The first-order valence-electron chi connectivity index (χ1n) is 6.02. The van der Waals surface area contributed by atoms with E-state index < -0.39 is 22.4 Å². The van der Waals surface area contributed by atoms with Crippen LogP contribution in [0.1, 0.15) is 11.1 Å². The Labute approximate surface area is 120 Å². The second kappa shape index (κ2) is 5.54. The number of carbonyl (C=O) groups is 3. The SMILES string of the molecule is Cc1ccc(C)c(N(CC(N)=O)C2SC(=O)NC2=O)c1. The highest BCUT2D eigenvalue weighted by molar-refractivity contribution is 8.15. The summed E-state index contributed by atoms with van der Waals surface area (Å²) in [5.74, 6) is -0.985. The summed E-state index contributed by atoms with van der Waals surface area (Å²) in [4.78, 5) is 36.0. The average molecular weight is 293 g/mol. The number of carbonyl (C=O) groups excluding carboxylic acids is 3. The van der Waals surface area contributed by atoms with Gasteiger partial charge >= 0.3 is 0 Å². The summed E-state index contributed by atoms with van der Waals surface area (Å²) in [6, 6.07) is 5.71. The van der Waals surface area contributed by atoms with Gasteiger partial charge in [-0.2, -0.15) is 0 Å². The summed E-state index contributed by atoms with van der Waals surface area (Å²) < 4.78 is 0. The summed E-state index contributed by atoms with van der Waals surface area (Å²) in [5, 5.41) is 1.03. The van der Waals surface area contributed by atoms with Crippen LogP contribution in [0.3, 0.4) is 0 Å². The van der Waals surface area contributed by atoms with Gasteiger partial charge in [0.05, 0.1) is 6.54 Å². The number of nitrogens with zero attached hydrogens (tertiary/aromatic N) is 1. The van der Waals surface area contributed by atoms with Crippen LogP contribution < -0.4 is 16.0 Å². The molecule has 1 atom stereocenters. The summed E-state index contributed by atoms with van der Waals surface area (Å²) in [5.41, 5.74) is 7.89. The highest BCUT2D eigenvalue weighted by Crippen LogP contribution is 2.30. The van der Waals surface area contributed by atoms with Crippen LogP contribution in [0.5, 0.6) is 0 Å². The zero-order chi connectivity index (χ0) is 14.9. The topological polar surface area (TPSA) is 92.5 Å². The Bertz CT molecular complexity index is 588. The van der Waals surface area contributed by atoms with Gasteiger partial charge in [-0.05, 0) is 42.8 Å². The van der Waals surface area contributed by atoms with Crippen LogP contribution >= 0.6 is 11.8 Å². The lowest BCUT2D eigenvalue weighted by molar-refractivity contribution is -0.119. The molecule has 0 radical (unpaired) electrons. The van der Waals surface area contributed by atoms with Gasteiger partial charge in [0.2, 0.25) is 5.91 Å². The Morgan fingerprint density at radius 1 is 1.40 bits per heavy atom. The number of hydrogen-bond donors (Lipinski definition) is 2. The fraction of sp³-hybridized carbons (Fsp3) is 0.308. The molecule has 20 heavy (non-hydrogen) atoms. The highest BCUT2D eigenvalue weighted by atomic mass is 32.2. The van der Waals surface area contributed by atoms with Crippen molar-refractivity contribution in [3.63, 3.8) is 0 Å². The minimum absolute atomic E-state index is 0.122. The quantitative estimate of drug-likeness (QED) is 0.860. The largest absolute Gasteiger partial charge is 0.368 e. The molecule has 1 aliphatic rings. The summed E-state index contributed by atoms with van der Waals surface area (Å²) >= 11 is 0.852. The van der Waals surface area contributed by atoms with Crippen molar-refractivity contribution in [2.45, 2.75) is 19.2 Å². The van der Waals surface area contributed by atoms with Crippen LogP contribution in [0.25, 0.3) is 0 Å². The van der Waals surface area contributed by atoms with Crippen molar-refractivity contribution in [1.29, 1.82) is 0 Å². The van der Waals surface area contributed by atoms with Gasteiger partial charge in [-0.3, -0.25) is 19.7 Å². The number of nitrogens with one attached hydrogen (secondary N) is 1. The van der Waals surface area contributed by atoms with Crippen molar-refractivity contribution < 1.29 is 14.4 Å². The first-order valence-corrected chi connectivity index (χ1v) is 6.90. The Balaban J connectivity index is 2.42. The third-order valence-corrected chi connectivity index (χ3v) is 3.96. The maximum atomic E-state index is 11.8. The smallest absolute Gasteiger partial charge is 0.288 e. The molecule has 0 bridgehead atoms. The van der Waals surface area contributed by atoms with Crippen molar-refractivity contribution in [3.05, 3.63) is 29.3 Å². The van der Waals surface area contributed by atoms with E-state index in [-0.39, 0.29) is 6.54 Å². The third-order valence-electron chi connectivity index (χ3n) is 2.95. The minimum Gasteiger partial charge on any atom is -0.368 e. The number of imide groups is 1. The lowest BCUT2D eigenvalue weighted by atomic mass is 10.1. The number of thioether (sulfide) groups is 1. The van der Waals surface area contributed by atoms with Gasteiger partial charge in [0, 0.05) is 5.69 Å². The van der Waals surface area contributed by atoms with Gasteiger partial charge in [-0.15, -0.1) is 0 Å². The van der Waals surface area contributed by atoms with E-state index in [2.05, 4.69) is 5.32 Å². The van der Waals surface area contributed by atoms with Gasteiger partial charge in [0.25, 0.3) is 11.1 Å². The molecule has 1 saturated heterocycles. The van der Waals surface area contributed by atoms with E-state index >= 15 is 0 Å². The lowest BCUT2D eigenvalue weighted by Crippen LogP contribution is -2.44. The predicted octanol–water partition coefficient (Wildman–Crippen LogP) is 0.904. The standard InChI is InChI=1S/C13H15N3O3S/c1-7-3-4-8(2)9(5-7)16(6-10(14)17)12-11(18)15-13(19)20-12/h3-5,12H,6H2,1-2H3,(H2,14,17)(H,15,18,19). The molecule has 1 fully saturated rings. The second-order valence-corrected chi connectivity index (χ2v) is 5.68. The van der Waals surface area contributed by atoms with E-state index in [0.29, 0.717) is 0 Å². The van der Waals surface area contributed by atoms with E-state index in [1.807, 2.05) is 32.0 Å². The molecule has 1 aromatic rings. The Kier molecular flexibility index (Phi) is 3.99. The number of amides is 3.